The summed E-state index contributed by atoms with van der Waals surface area (Å²) in [5.41, 5.74) is 0. The second-order valence-corrected chi connectivity index (χ2v) is 3.92. The Balaban J connectivity index is 0. The van der Waals surface area contributed by atoms with Crippen LogP contribution in [0.2, 0.25) is 0 Å². The number of carbonyl (C=O) groups excluding carboxylic acids is 2. The van der Waals surface area contributed by atoms with Gasteiger partial charge in [0.1, 0.15) is 22.7 Å². The first-order chi connectivity index (χ1) is 6.43. The fourth-order valence-electron chi connectivity index (χ4n) is 0.745. The van der Waals surface area contributed by atoms with Crippen LogP contribution in [-0.2, 0) is 19.7 Å². The lowest BCUT2D eigenvalue weighted by molar-refractivity contribution is -0.365. The van der Waals surface area contributed by atoms with Gasteiger partial charge in [0.25, 0.3) is 0 Å². The molecule has 0 heterocycles. The first-order valence-corrected chi connectivity index (χ1v) is 5.25. The molecule has 0 saturated carbocycles. The highest BCUT2D eigenvalue weighted by Crippen LogP contribution is 2.02. The SMILES string of the molecule is C=O.CCCC(=O)C(C[O-])S(=O)(=O)[O-]. The van der Waals surface area contributed by atoms with Gasteiger partial charge in [-0.15, -0.1) is 6.61 Å². The Hall–Kier alpha value is -0.790. The fourth-order valence-corrected chi connectivity index (χ4v) is 1.35. The van der Waals surface area contributed by atoms with Gasteiger partial charge < -0.3 is 14.5 Å². The summed E-state index contributed by atoms with van der Waals surface area (Å²) in [5, 5.41) is 8.30. The van der Waals surface area contributed by atoms with Crippen molar-refractivity contribution in [1.82, 2.24) is 0 Å². The lowest BCUT2D eigenvalue weighted by atomic mass is 10.2. The largest absolute Gasteiger partial charge is 0.853 e. The molecule has 0 spiro atoms. The Bertz CT molecular complexity index is 257. The molecule has 0 aromatic carbocycles. The molecule has 1 atom stereocenters. The summed E-state index contributed by atoms with van der Waals surface area (Å²) in [4.78, 5) is 18.8. The molecular formula is C7H12O6S-2. The topological polar surface area (TPSA) is 114 Å². The molecule has 0 bridgehead atoms. The molecule has 0 saturated heterocycles. The number of ketones is 1. The first kappa shape index (κ1) is 15.7. The van der Waals surface area contributed by atoms with Gasteiger partial charge in [-0.2, -0.15) is 0 Å². The van der Waals surface area contributed by atoms with E-state index in [1.807, 2.05) is 6.79 Å². The minimum atomic E-state index is -4.75. The fraction of sp³-hybridized carbons (Fsp3) is 0.714. The van der Waals surface area contributed by atoms with Crippen molar-refractivity contribution >= 4 is 22.7 Å². The molecule has 0 radical (unpaired) electrons. The van der Waals surface area contributed by atoms with E-state index in [4.69, 9.17) is 4.79 Å². The Kier molecular flexibility index (Phi) is 8.51. The monoisotopic (exact) mass is 224 g/mol. The third-order valence-corrected chi connectivity index (χ3v) is 2.45. The zero-order chi connectivity index (χ0) is 11.8. The number of rotatable bonds is 5. The summed E-state index contributed by atoms with van der Waals surface area (Å²) in [6, 6.07) is 0. The van der Waals surface area contributed by atoms with E-state index in [0.29, 0.717) is 6.42 Å². The minimum Gasteiger partial charge on any atom is -0.853 e. The quantitative estimate of drug-likeness (QED) is 0.522. The predicted molar refractivity (Wildman–Crippen MR) is 45.4 cm³/mol. The minimum absolute atomic E-state index is 0.0334. The van der Waals surface area contributed by atoms with Crippen molar-refractivity contribution in [1.29, 1.82) is 0 Å². The Morgan fingerprint density at radius 3 is 2.07 bits per heavy atom. The maximum atomic E-state index is 10.8. The van der Waals surface area contributed by atoms with Crippen LogP contribution in [0.15, 0.2) is 0 Å². The van der Waals surface area contributed by atoms with Crippen molar-refractivity contribution in [3.63, 3.8) is 0 Å². The number of Topliss-reactive ketones (excluding diaryl/α,β-unsaturated/α-hetero) is 1. The molecule has 84 valence electrons. The second-order valence-electron chi connectivity index (χ2n) is 2.36. The Morgan fingerprint density at radius 1 is 1.43 bits per heavy atom. The number of hydrogen-bond donors (Lipinski definition) is 0. The number of hydrogen-bond acceptors (Lipinski definition) is 6. The smallest absolute Gasteiger partial charge is 0.148 e. The van der Waals surface area contributed by atoms with E-state index in [1.165, 1.54) is 0 Å². The van der Waals surface area contributed by atoms with Gasteiger partial charge in [0, 0.05) is 6.42 Å². The average Bonchev–Trinajstić information content (AvgIpc) is 2.07. The van der Waals surface area contributed by atoms with Gasteiger partial charge in [-0.1, -0.05) is 6.92 Å². The molecule has 0 N–H and O–H groups in total. The standard InChI is InChI=1S/C6H11O5S.CH2O/c1-2-3-5(8)6(4-7)12(9,10)11;1-2/h6H,2-4H2,1H3,(H,9,10,11);1H2/q-1;/p-1. The molecule has 0 aliphatic carbocycles. The van der Waals surface area contributed by atoms with Crippen molar-refractivity contribution in [3.8, 4) is 0 Å². The highest BCUT2D eigenvalue weighted by atomic mass is 32.2. The van der Waals surface area contributed by atoms with E-state index in [9.17, 15) is 22.9 Å². The average molecular weight is 224 g/mol. The van der Waals surface area contributed by atoms with Gasteiger partial charge in [-0.3, -0.25) is 4.79 Å². The Morgan fingerprint density at radius 2 is 1.86 bits per heavy atom. The van der Waals surface area contributed by atoms with Gasteiger partial charge in [0.2, 0.25) is 0 Å². The highest BCUT2D eigenvalue weighted by Gasteiger charge is 2.19. The summed E-state index contributed by atoms with van der Waals surface area (Å²) < 4.78 is 30.9. The van der Waals surface area contributed by atoms with Crippen LogP contribution in [0, 0.1) is 0 Å². The van der Waals surface area contributed by atoms with E-state index in [1.54, 1.807) is 6.92 Å². The summed E-state index contributed by atoms with van der Waals surface area (Å²) in [6.07, 6.45) is 0.402. The van der Waals surface area contributed by atoms with Crippen molar-refractivity contribution in [2.24, 2.45) is 0 Å². The highest BCUT2D eigenvalue weighted by molar-refractivity contribution is 7.87. The lowest BCUT2D eigenvalue weighted by Crippen LogP contribution is -2.38. The molecule has 0 amide bonds. The van der Waals surface area contributed by atoms with Crippen molar-refractivity contribution in [2.75, 3.05) is 6.61 Å². The molecule has 0 rings (SSSR count). The van der Waals surface area contributed by atoms with E-state index < -0.39 is 27.8 Å². The molecule has 0 aromatic heterocycles. The van der Waals surface area contributed by atoms with E-state index in [2.05, 4.69) is 0 Å². The second kappa shape index (κ2) is 7.60. The third kappa shape index (κ3) is 5.79. The first-order valence-electron chi connectivity index (χ1n) is 3.77. The molecular weight excluding hydrogens is 212 g/mol. The molecule has 0 fully saturated rings. The van der Waals surface area contributed by atoms with Crippen LogP contribution in [-0.4, -0.2) is 37.4 Å². The van der Waals surface area contributed by atoms with Gasteiger partial charge in [0.15, 0.2) is 0 Å². The predicted octanol–water partition coefficient (Wildman–Crippen LogP) is -1.56. The van der Waals surface area contributed by atoms with E-state index >= 15 is 0 Å². The van der Waals surface area contributed by atoms with E-state index in [0.717, 1.165) is 0 Å². The van der Waals surface area contributed by atoms with Crippen LogP contribution in [0.3, 0.4) is 0 Å². The normalized spacial score (nSPS) is 12.5. The van der Waals surface area contributed by atoms with Gasteiger partial charge in [-0.25, -0.2) is 8.42 Å². The van der Waals surface area contributed by atoms with E-state index in [-0.39, 0.29) is 6.42 Å². The maximum absolute atomic E-state index is 10.8. The van der Waals surface area contributed by atoms with Gasteiger partial charge >= 0.3 is 0 Å². The number of carbonyl (C=O) groups is 2. The molecule has 0 aromatic rings. The van der Waals surface area contributed by atoms with Gasteiger partial charge in [0.05, 0.1) is 5.25 Å². The molecule has 6 nitrogen and oxygen atoms in total. The molecule has 7 heteroatoms. The lowest BCUT2D eigenvalue weighted by Gasteiger charge is -2.21. The van der Waals surface area contributed by atoms with Crippen molar-refractivity contribution in [3.05, 3.63) is 0 Å². The molecule has 14 heavy (non-hydrogen) atoms. The van der Waals surface area contributed by atoms with Crippen LogP contribution in [0.4, 0.5) is 0 Å². The van der Waals surface area contributed by atoms with Crippen LogP contribution in [0.5, 0.6) is 0 Å². The van der Waals surface area contributed by atoms with Crippen LogP contribution in [0.25, 0.3) is 0 Å². The zero-order valence-electron chi connectivity index (χ0n) is 7.76. The summed E-state index contributed by atoms with van der Waals surface area (Å²) in [7, 11) is -4.75. The van der Waals surface area contributed by atoms with Crippen molar-refractivity contribution < 1.29 is 27.7 Å². The Labute approximate surface area is 82.7 Å². The zero-order valence-corrected chi connectivity index (χ0v) is 8.58. The van der Waals surface area contributed by atoms with Crippen LogP contribution >= 0.6 is 0 Å². The maximum Gasteiger partial charge on any atom is 0.148 e. The molecule has 1 unspecified atom stereocenters. The van der Waals surface area contributed by atoms with Crippen LogP contribution < -0.4 is 5.11 Å². The third-order valence-electron chi connectivity index (χ3n) is 1.36. The summed E-state index contributed by atoms with van der Waals surface area (Å²) in [5.74, 6) is -0.775. The van der Waals surface area contributed by atoms with Crippen molar-refractivity contribution in [2.45, 2.75) is 25.0 Å². The molecule has 0 aliphatic heterocycles. The van der Waals surface area contributed by atoms with Gasteiger partial charge in [-0.05, 0) is 6.42 Å². The summed E-state index contributed by atoms with van der Waals surface area (Å²) >= 11 is 0. The summed E-state index contributed by atoms with van der Waals surface area (Å²) in [6.45, 7) is 2.49. The molecule has 0 aliphatic rings. The van der Waals surface area contributed by atoms with Crippen LogP contribution in [0.1, 0.15) is 19.8 Å².